The van der Waals surface area contributed by atoms with E-state index in [1.807, 2.05) is 0 Å². The van der Waals surface area contributed by atoms with Crippen LogP contribution in [0.15, 0.2) is 33.0 Å². The van der Waals surface area contributed by atoms with Crippen LogP contribution in [0.3, 0.4) is 0 Å². The largest absolute Gasteiger partial charge is 0.420 e. The predicted molar refractivity (Wildman–Crippen MR) is 94.6 cm³/mol. The van der Waals surface area contributed by atoms with Crippen LogP contribution < -0.4 is 5.32 Å². The van der Waals surface area contributed by atoms with E-state index in [1.54, 1.807) is 12.1 Å². The van der Waals surface area contributed by atoms with Gasteiger partial charge < -0.3 is 9.73 Å². The molecule has 0 unspecified atom stereocenters. The molecule has 0 fully saturated rings. The van der Waals surface area contributed by atoms with E-state index in [2.05, 4.69) is 32.6 Å². The van der Waals surface area contributed by atoms with Gasteiger partial charge in [-0.2, -0.15) is 0 Å². The molecule has 2 aromatic heterocycles. The third-order valence-corrected chi connectivity index (χ3v) is 5.04. The maximum Gasteiger partial charge on any atom is 0.269 e. The molecular formula is C14H14N6O3S2. The zero-order valence-electron chi connectivity index (χ0n) is 13.2. The Bertz CT molecular complexity index is 848. The Morgan fingerprint density at radius 3 is 2.76 bits per heavy atom. The van der Waals surface area contributed by atoms with Gasteiger partial charge in [-0.25, -0.2) is 0 Å². The van der Waals surface area contributed by atoms with Crippen LogP contribution in [0, 0.1) is 10.1 Å². The van der Waals surface area contributed by atoms with Gasteiger partial charge in [0.15, 0.2) is 4.34 Å². The van der Waals surface area contributed by atoms with Gasteiger partial charge in [0.25, 0.3) is 5.69 Å². The molecule has 0 aliphatic carbocycles. The van der Waals surface area contributed by atoms with Gasteiger partial charge in [-0.05, 0) is 18.6 Å². The number of thioether (sulfide) groups is 1. The molecule has 0 bridgehead atoms. The van der Waals surface area contributed by atoms with Gasteiger partial charge in [-0.1, -0.05) is 30.0 Å². The number of anilines is 1. The van der Waals surface area contributed by atoms with E-state index < -0.39 is 4.92 Å². The molecule has 0 amide bonds. The molecule has 0 saturated carbocycles. The molecule has 0 radical (unpaired) electrons. The molecule has 1 aromatic carbocycles. The van der Waals surface area contributed by atoms with E-state index in [-0.39, 0.29) is 5.69 Å². The topological polar surface area (TPSA) is 120 Å². The van der Waals surface area contributed by atoms with Crippen molar-refractivity contribution in [3.8, 4) is 11.5 Å². The Balaban J connectivity index is 1.59. The molecule has 1 N–H and O–H groups in total. The quantitative estimate of drug-likeness (QED) is 0.356. The number of non-ortho nitro benzene ring substituents is 1. The van der Waals surface area contributed by atoms with E-state index in [9.17, 15) is 10.1 Å². The highest BCUT2D eigenvalue weighted by atomic mass is 32.2. The molecule has 3 aromatic rings. The van der Waals surface area contributed by atoms with Gasteiger partial charge in [0.1, 0.15) is 0 Å². The number of nitrogens with zero attached hydrogens (tertiary/aromatic N) is 5. The molecule has 130 valence electrons. The Kier molecular flexibility index (Phi) is 5.56. The molecular weight excluding hydrogens is 364 g/mol. The Morgan fingerprint density at radius 2 is 2.04 bits per heavy atom. The summed E-state index contributed by atoms with van der Waals surface area (Å²) in [4.78, 5) is 10.2. The number of rotatable bonds is 8. The molecule has 0 aliphatic rings. The zero-order valence-corrected chi connectivity index (χ0v) is 14.8. The fourth-order valence-corrected chi connectivity index (χ4v) is 3.46. The second-order valence-electron chi connectivity index (χ2n) is 4.89. The number of benzene rings is 1. The van der Waals surface area contributed by atoms with Gasteiger partial charge in [0.2, 0.25) is 16.9 Å². The van der Waals surface area contributed by atoms with Crippen molar-refractivity contribution in [1.82, 2.24) is 20.4 Å². The van der Waals surface area contributed by atoms with Crippen LogP contribution in [0.4, 0.5) is 10.8 Å². The fraction of sp³-hybridized carbons (Fsp3) is 0.286. The lowest BCUT2D eigenvalue weighted by molar-refractivity contribution is -0.384. The zero-order chi connectivity index (χ0) is 17.6. The number of nitrogens with one attached hydrogen (secondary N) is 1. The normalized spacial score (nSPS) is 10.8. The Labute approximate surface area is 151 Å². The minimum atomic E-state index is -0.453. The first-order chi connectivity index (χ1) is 12.2. The smallest absolute Gasteiger partial charge is 0.269 e. The van der Waals surface area contributed by atoms with E-state index >= 15 is 0 Å². The molecule has 9 nitrogen and oxygen atoms in total. The summed E-state index contributed by atoms with van der Waals surface area (Å²) < 4.78 is 6.40. The molecule has 0 atom stereocenters. The summed E-state index contributed by atoms with van der Waals surface area (Å²) in [6.45, 7) is 2.95. The maximum absolute atomic E-state index is 10.7. The van der Waals surface area contributed by atoms with Gasteiger partial charge in [-0.15, -0.1) is 20.4 Å². The van der Waals surface area contributed by atoms with Crippen molar-refractivity contribution < 1.29 is 9.34 Å². The van der Waals surface area contributed by atoms with Crippen LogP contribution in [0.25, 0.3) is 11.5 Å². The lowest BCUT2D eigenvalue weighted by Gasteiger charge is -1.95. The van der Waals surface area contributed by atoms with Crippen LogP contribution in [-0.4, -0.2) is 31.9 Å². The van der Waals surface area contributed by atoms with Gasteiger partial charge in [0.05, 0.1) is 10.7 Å². The number of nitro benzene ring substituents is 1. The minimum absolute atomic E-state index is 0.0165. The molecule has 25 heavy (non-hydrogen) atoms. The van der Waals surface area contributed by atoms with Gasteiger partial charge in [-0.3, -0.25) is 10.1 Å². The van der Waals surface area contributed by atoms with Crippen molar-refractivity contribution in [1.29, 1.82) is 0 Å². The molecule has 0 spiro atoms. The van der Waals surface area contributed by atoms with E-state index in [4.69, 9.17) is 4.42 Å². The molecule has 2 heterocycles. The number of aromatic nitrogens is 4. The third-order valence-electron chi connectivity index (χ3n) is 3.04. The average Bonchev–Trinajstić information content (AvgIpc) is 3.27. The number of hydrogen-bond donors (Lipinski definition) is 1. The Hall–Kier alpha value is -2.53. The highest BCUT2D eigenvalue weighted by molar-refractivity contribution is 8.00. The lowest BCUT2D eigenvalue weighted by atomic mass is 10.2. The third kappa shape index (κ3) is 4.51. The lowest BCUT2D eigenvalue weighted by Crippen LogP contribution is -1.98. The molecule has 0 aliphatic heterocycles. The fourth-order valence-electron chi connectivity index (χ4n) is 1.85. The average molecular weight is 378 g/mol. The standard InChI is InChI=1S/C14H14N6O3S2/c1-2-7-15-13-18-19-14(25-13)24-8-11-16-17-12(23-11)9-3-5-10(6-4-9)20(21)22/h3-6H,2,7-8H2,1H3,(H,15,18). The molecule has 3 rings (SSSR count). The maximum atomic E-state index is 10.7. The van der Waals surface area contributed by atoms with Crippen molar-refractivity contribution >= 4 is 33.9 Å². The molecule has 11 heteroatoms. The summed E-state index contributed by atoms with van der Waals surface area (Å²) in [5.41, 5.74) is 0.652. The second kappa shape index (κ2) is 8.03. The van der Waals surface area contributed by atoms with Crippen LogP contribution in [0.5, 0.6) is 0 Å². The first kappa shape index (κ1) is 17.3. The SMILES string of the molecule is CCCNc1nnc(SCc2nnc(-c3ccc([N+](=O)[O-])cc3)o2)s1. The van der Waals surface area contributed by atoms with Crippen LogP contribution >= 0.6 is 23.1 Å². The highest BCUT2D eigenvalue weighted by Gasteiger charge is 2.12. The summed E-state index contributed by atoms with van der Waals surface area (Å²) in [7, 11) is 0. The van der Waals surface area contributed by atoms with Crippen molar-refractivity contribution in [3.63, 3.8) is 0 Å². The van der Waals surface area contributed by atoms with Crippen molar-refractivity contribution in [2.24, 2.45) is 0 Å². The summed E-state index contributed by atoms with van der Waals surface area (Å²) in [5, 5.41) is 30.8. The summed E-state index contributed by atoms with van der Waals surface area (Å²) in [6, 6.07) is 5.97. The summed E-state index contributed by atoms with van der Waals surface area (Å²) >= 11 is 2.94. The van der Waals surface area contributed by atoms with E-state index in [0.29, 0.717) is 23.1 Å². The second-order valence-corrected chi connectivity index (χ2v) is 7.09. The first-order valence-electron chi connectivity index (χ1n) is 7.43. The van der Waals surface area contributed by atoms with Crippen molar-refractivity contribution in [2.75, 3.05) is 11.9 Å². The van der Waals surface area contributed by atoms with Crippen molar-refractivity contribution in [2.45, 2.75) is 23.4 Å². The summed E-state index contributed by atoms with van der Waals surface area (Å²) in [5.74, 6) is 1.26. The highest BCUT2D eigenvalue weighted by Crippen LogP contribution is 2.29. The van der Waals surface area contributed by atoms with Crippen molar-refractivity contribution in [3.05, 3.63) is 40.3 Å². The number of hydrogen-bond acceptors (Lipinski definition) is 10. The number of nitro groups is 1. The first-order valence-corrected chi connectivity index (χ1v) is 9.23. The summed E-state index contributed by atoms with van der Waals surface area (Å²) in [6.07, 6.45) is 1.02. The van der Waals surface area contributed by atoms with E-state index in [1.165, 1.54) is 35.2 Å². The van der Waals surface area contributed by atoms with Gasteiger partial charge >= 0.3 is 0 Å². The van der Waals surface area contributed by atoms with Crippen LogP contribution in [0.2, 0.25) is 0 Å². The molecule has 0 saturated heterocycles. The van der Waals surface area contributed by atoms with E-state index in [0.717, 1.165) is 22.4 Å². The van der Waals surface area contributed by atoms with Crippen LogP contribution in [-0.2, 0) is 5.75 Å². The predicted octanol–water partition coefficient (Wildman–Crippen LogP) is 3.61. The minimum Gasteiger partial charge on any atom is -0.420 e. The Morgan fingerprint density at radius 1 is 1.24 bits per heavy atom. The van der Waals surface area contributed by atoms with Gasteiger partial charge in [0, 0.05) is 24.2 Å². The van der Waals surface area contributed by atoms with Crippen LogP contribution in [0.1, 0.15) is 19.2 Å². The monoisotopic (exact) mass is 378 g/mol.